The minimum Gasteiger partial charge on any atom is -0.300 e. The fourth-order valence-electron chi connectivity index (χ4n) is 3.03. The molecule has 3 aromatic heterocycles. The Labute approximate surface area is 175 Å². The van der Waals surface area contributed by atoms with Crippen LogP contribution >= 0.6 is 0 Å². The predicted molar refractivity (Wildman–Crippen MR) is 114 cm³/mol. The van der Waals surface area contributed by atoms with Crippen molar-refractivity contribution in [2.45, 2.75) is 20.8 Å². The summed E-state index contributed by atoms with van der Waals surface area (Å²) in [6.45, 7) is 5.23. The molecule has 0 aliphatic rings. The fraction of sp³-hybridized carbons (Fsp3) is 0.211. The number of nitrogens with zero attached hydrogens (tertiary/aromatic N) is 7. The molecule has 0 spiro atoms. The van der Waals surface area contributed by atoms with Crippen LogP contribution in [-0.2, 0) is 7.05 Å². The topological polar surface area (TPSA) is 154 Å². The van der Waals surface area contributed by atoms with E-state index in [9.17, 15) is 9.59 Å². The molecule has 0 bridgehead atoms. The molecule has 1 aromatic carbocycles. The number of hydrogen-bond donors (Lipinski definition) is 3. The zero-order valence-corrected chi connectivity index (χ0v) is 17.3. The highest BCUT2D eigenvalue weighted by atomic mass is 16.1. The van der Waals surface area contributed by atoms with Gasteiger partial charge < -0.3 is 5.10 Å². The Morgan fingerprint density at radius 2 is 1.52 bits per heavy atom. The molecule has 4 rings (SSSR count). The summed E-state index contributed by atoms with van der Waals surface area (Å²) < 4.78 is 3.24. The van der Waals surface area contributed by atoms with E-state index in [0.29, 0.717) is 22.8 Å². The number of para-hydroxylation sites is 1. The summed E-state index contributed by atoms with van der Waals surface area (Å²) in [4.78, 5) is 24.7. The Bertz CT molecular complexity index is 1410. The Hall–Kier alpha value is -4.35. The molecule has 0 amide bonds. The third kappa shape index (κ3) is 3.54. The molecule has 0 atom stereocenters. The van der Waals surface area contributed by atoms with Crippen LogP contribution < -0.4 is 11.1 Å². The van der Waals surface area contributed by atoms with Crippen molar-refractivity contribution in [3.05, 3.63) is 68.1 Å². The van der Waals surface area contributed by atoms with Gasteiger partial charge >= 0.3 is 0 Å². The maximum atomic E-state index is 13.0. The first kappa shape index (κ1) is 19.9. The van der Waals surface area contributed by atoms with Crippen molar-refractivity contribution in [1.82, 2.24) is 29.8 Å². The minimum atomic E-state index is -0.391. The molecule has 12 heteroatoms. The summed E-state index contributed by atoms with van der Waals surface area (Å²) in [5.41, 5.74) is 2.49. The Morgan fingerprint density at radius 3 is 2.19 bits per heavy atom. The number of aryl methyl sites for hydroxylation is 2. The molecule has 4 aromatic rings. The number of hydrogen-bond acceptors (Lipinski definition) is 7. The van der Waals surface area contributed by atoms with Crippen LogP contribution in [0.2, 0.25) is 0 Å². The van der Waals surface area contributed by atoms with Gasteiger partial charge in [0.2, 0.25) is 5.82 Å². The summed E-state index contributed by atoms with van der Waals surface area (Å²) in [5, 5.41) is 28.3. The summed E-state index contributed by atoms with van der Waals surface area (Å²) in [6.07, 6.45) is 0. The van der Waals surface area contributed by atoms with Gasteiger partial charge in [-0.25, -0.2) is 4.68 Å². The maximum Gasteiger partial charge on any atom is 0.299 e. The molecule has 0 saturated carbocycles. The second-order valence-corrected chi connectivity index (χ2v) is 6.88. The summed E-state index contributed by atoms with van der Waals surface area (Å²) >= 11 is 0. The lowest BCUT2D eigenvalue weighted by molar-refractivity contribution is 0.630. The van der Waals surface area contributed by atoms with Crippen molar-refractivity contribution in [1.29, 1.82) is 0 Å². The number of azo groups is 2. The van der Waals surface area contributed by atoms with Crippen LogP contribution in [0.4, 0.5) is 22.9 Å². The molecule has 0 saturated heterocycles. The van der Waals surface area contributed by atoms with Gasteiger partial charge in [-0.1, -0.05) is 18.2 Å². The molecule has 3 N–H and O–H groups in total. The Balaban J connectivity index is 1.72. The smallest absolute Gasteiger partial charge is 0.299 e. The third-order valence-electron chi connectivity index (χ3n) is 4.85. The summed E-state index contributed by atoms with van der Waals surface area (Å²) in [5.74, 6) is 0.151. The quantitative estimate of drug-likeness (QED) is 0.422. The van der Waals surface area contributed by atoms with E-state index in [-0.39, 0.29) is 22.8 Å². The number of aromatic amines is 3. The molecule has 0 radical (unpaired) electrons. The zero-order chi connectivity index (χ0) is 22.1. The molecule has 0 aliphatic carbocycles. The number of H-pyrrole nitrogens is 3. The van der Waals surface area contributed by atoms with Crippen molar-refractivity contribution in [2.75, 3.05) is 0 Å². The molecule has 158 valence electrons. The highest BCUT2D eigenvalue weighted by Crippen LogP contribution is 2.31. The number of rotatable bonds is 5. The average molecular weight is 420 g/mol. The fourth-order valence-corrected chi connectivity index (χ4v) is 3.03. The van der Waals surface area contributed by atoms with Gasteiger partial charge in [-0.3, -0.25) is 24.5 Å². The van der Waals surface area contributed by atoms with E-state index in [1.54, 1.807) is 32.5 Å². The van der Waals surface area contributed by atoms with Crippen LogP contribution in [0.3, 0.4) is 0 Å². The van der Waals surface area contributed by atoms with E-state index >= 15 is 0 Å². The van der Waals surface area contributed by atoms with Crippen LogP contribution in [0.1, 0.15) is 17.1 Å². The third-order valence-corrected chi connectivity index (χ3v) is 4.85. The van der Waals surface area contributed by atoms with E-state index in [1.807, 2.05) is 30.3 Å². The van der Waals surface area contributed by atoms with E-state index in [2.05, 4.69) is 40.9 Å². The van der Waals surface area contributed by atoms with Crippen molar-refractivity contribution in [3.8, 4) is 5.69 Å². The highest BCUT2D eigenvalue weighted by molar-refractivity contribution is 5.59. The van der Waals surface area contributed by atoms with Gasteiger partial charge in [-0.2, -0.15) is 5.10 Å². The summed E-state index contributed by atoms with van der Waals surface area (Å²) in [7, 11) is 1.78. The van der Waals surface area contributed by atoms with Crippen molar-refractivity contribution >= 4 is 22.9 Å². The standard InChI is InChI=1S/C19H20N10O2/c1-10-14(17(25-20-10)26-23-15-11(2)21-27-18(15)30)22-24-16-12(3)28(4)29(19(16)31)13-8-6-5-7-9-13/h5-9H,1-4H3,(H,20,25)(H2,21,27,30). The molecule has 31 heavy (non-hydrogen) atoms. The van der Waals surface area contributed by atoms with Gasteiger partial charge in [-0.05, 0) is 32.9 Å². The number of nitrogens with one attached hydrogen (secondary N) is 3. The molecule has 3 heterocycles. The van der Waals surface area contributed by atoms with E-state index in [4.69, 9.17) is 0 Å². The second kappa shape index (κ2) is 7.82. The average Bonchev–Trinajstić information content (AvgIpc) is 3.34. The second-order valence-electron chi connectivity index (χ2n) is 6.88. The number of benzene rings is 1. The monoisotopic (exact) mass is 420 g/mol. The van der Waals surface area contributed by atoms with Crippen LogP contribution in [0.15, 0.2) is 60.4 Å². The Kier molecular flexibility index (Phi) is 5.03. The van der Waals surface area contributed by atoms with Crippen molar-refractivity contribution in [3.63, 3.8) is 0 Å². The number of aromatic nitrogens is 6. The lowest BCUT2D eigenvalue weighted by Crippen LogP contribution is -2.19. The van der Waals surface area contributed by atoms with Crippen LogP contribution in [-0.4, -0.2) is 29.8 Å². The molecule has 0 fully saturated rings. The van der Waals surface area contributed by atoms with E-state index in [0.717, 1.165) is 5.69 Å². The normalized spacial score (nSPS) is 11.9. The van der Waals surface area contributed by atoms with Gasteiger partial charge in [0.25, 0.3) is 11.1 Å². The minimum absolute atomic E-state index is 0.146. The molecular formula is C19H20N10O2. The molecule has 0 aliphatic heterocycles. The predicted octanol–water partition coefficient (Wildman–Crippen LogP) is 3.67. The molecular weight excluding hydrogens is 400 g/mol. The van der Waals surface area contributed by atoms with Gasteiger partial charge in [0.1, 0.15) is 0 Å². The van der Waals surface area contributed by atoms with E-state index < -0.39 is 5.56 Å². The van der Waals surface area contributed by atoms with E-state index in [1.165, 1.54) is 4.68 Å². The van der Waals surface area contributed by atoms with Gasteiger partial charge in [-0.15, -0.1) is 20.5 Å². The summed E-state index contributed by atoms with van der Waals surface area (Å²) in [6, 6.07) is 9.27. The molecule has 0 unspecified atom stereocenters. The van der Waals surface area contributed by atoms with Gasteiger partial charge in [0.05, 0.1) is 22.8 Å². The Morgan fingerprint density at radius 1 is 0.839 bits per heavy atom. The van der Waals surface area contributed by atoms with Crippen LogP contribution in [0.25, 0.3) is 5.69 Å². The zero-order valence-electron chi connectivity index (χ0n) is 17.3. The molecule has 12 nitrogen and oxygen atoms in total. The van der Waals surface area contributed by atoms with Gasteiger partial charge in [0.15, 0.2) is 17.1 Å². The highest BCUT2D eigenvalue weighted by Gasteiger charge is 2.17. The lowest BCUT2D eigenvalue weighted by atomic mass is 10.3. The first-order valence-corrected chi connectivity index (χ1v) is 9.38. The lowest BCUT2D eigenvalue weighted by Gasteiger charge is -2.07. The maximum absolute atomic E-state index is 13.0. The first-order valence-electron chi connectivity index (χ1n) is 9.38. The first-order chi connectivity index (χ1) is 14.9. The van der Waals surface area contributed by atoms with Crippen molar-refractivity contribution < 1.29 is 0 Å². The van der Waals surface area contributed by atoms with Crippen molar-refractivity contribution in [2.24, 2.45) is 27.5 Å². The SMILES string of the molecule is Cc1[nH]nc(N=Nc2c(C)[nH][nH]c2=O)c1N=Nc1c(C)n(C)n(-c2ccccc2)c1=O. The van der Waals surface area contributed by atoms with Crippen LogP contribution in [0.5, 0.6) is 0 Å². The largest absolute Gasteiger partial charge is 0.300 e. The van der Waals surface area contributed by atoms with Gasteiger partial charge in [0, 0.05) is 7.05 Å². The van der Waals surface area contributed by atoms with Crippen LogP contribution in [0, 0.1) is 20.8 Å².